The lowest BCUT2D eigenvalue weighted by Crippen LogP contribution is -2.05. The van der Waals surface area contributed by atoms with Crippen LogP contribution in [0, 0.1) is 6.92 Å². The maximum Gasteiger partial charge on any atom is 0.225 e. The molecule has 2 aromatic heterocycles. The monoisotopic (exact) mass is 339 g/mol. The minimum absolute atomic E-state index is 0.567. The third-order valence-electron chi connectivity index (χ3n) is 3.42. The third kappa shape index (κ3) is 3.81. The Hall–Kier alpha value is -2.66. The van der Waals surface area contributed by atoms with Crippen LogP contribution in [0.4, 0.5) is 17.5 Å². The minimum atomic E-state index is 0.567. The fraction of sp³-hybridized carbons (Fsp3) is 0.167. The first-order chi connectivity index (χ1) is 11.7. The summed E-state index contributed by atoms with van der Waals surface area (Å²) in [6.45, 7) is 4.75. The maximum absolute atomic E-state index is 6.31. The SMILES string of the molecule is CCNc1nc(Nc2ccc(C)cc2Cl)cc(-c2ccncc2)n1. The lowest BCUT2D eigenvalue weighted by atomic mass is 10.2. The van der Waals surface area contributed by atoms with Gasteiger partial charge >= 0.3 is 0 Å². The molecule has 0 amide bonds. The highest BCUT2D eigenvalue weighted by molar-refractivity contribution is 6.33. The van der Waals surface area contributed by atoms with Crippen molar-refractivity contribution in [1.82, 2.24) is 15.0 Å². The molecule has 1 aromatic carbocycles. The molecule has 3 aromatic rings. The zero-order valence-electron chi connectivity index (χ0n) is 13.5. The van der Waals surface area contributed by atoms with Crippen molar-refractivity contribution in [3.05, 3.63) is 59.4 Å². The summed E-state index contributed by atoms with van der Waals surface area (Å²) in [6, 6.07) is 11.6. The molecule has 0 spiro atoms. The van der Waals surface area contributed by atoms with Crippen LogP contribution >= 0.6 is 11.6 Å². The van der Waals surface area contributed by atoms with Gasteiger partial charge in [-0.3, -0.25) is 4.98 Å². The number of benzene rings is 1. The first-order valence-corrected chi connectivity index (χ1v) is 8.10. The van der Waals surface area contributed by atoms with Crippen molar-refractivity contribution in [1.29, 1.82) is 0 Å². The topological polar surface area (TPSA) is 62.7 Å². The minimum Gasteiger partial charge on any atom is -0.354 e. The van der Waals surface area contributed by atoms with E-state index in [1.54, 1.807) is 12.4 Å². The van der Waals surface area contributed by atoms with Crippen LogP contribution in [0.5, 0.6) is 0 Å². The molecule has 0 aliphatic rings. The Morgan fingerprint density at radius 1 is 1.04 bits per heavy atom. The van der Waals surface area contributed by atoms with Crippen molar-refractivity contribution in [3.8, 4) is 11.3 Å². The average molecular weight is 340 g/mol. The molecular weight excluding hydrogens is 322 g/mol. The summed E-state index contributed by atoms with van der Waals surface area (Å²) in [5.41, 5.74) is 3.71. The van der Waals surface area contributed by atoms with Gasteiger partial charge in [-0.05, 0) is 43.7 Å². The van der Waals surface area contributed by atoms with Gasteiger partial charge in [0.1, 0.15) is 5.82 Å². The van der Waals surface area contributed by atoms with Gasteiger partial charge in [0, 0.05) is 30.6 Å². The molecule has 0 atom stereocenters. The molecule has 0 fully saturated rings. The van der Waals surface area contributed by atoms with Crippen LogP contribution in [0.25, 0.3) is 11.3 Å². The predicted octanol–water partition coefficient (Wildman–Crippen LogP) is 4.68. The summed E-state index contributed by atoms with van der Waals surface area (Å²) >= 11 is 6.31. The van der Waals surface area contributed by atoms with Gasteiger partial charge in [-0.25, -0.2) is 4.98 Å². The summed E-state index contributed by atoms with van der Waals surface area (Å²) in [6.07, 6.45) is 3.49. The number of hydrogen-bond acceptors (Lipinski definition) is 5. The second kappa shape index (κ2) is 7.27. The Morgan fingerprint density at radius 3 is 2.54 bits per heavy atom. The molecule has 6 heteroatoms. The molecule has 0 radical (unpaired) electrons. The largest absolute Gasteiger partial charge is 0.354 e. The van der Waals surface area contributed by atoms with E-state index in [1.165, 1.54) is 0 Å². The van der Waals surface area contributed by atoms with Crippen LogP contribution in [-0.4, -0.2) is 21.5 Å². The predicted molar refractivity (Wildman–Crippen MR) is 98.9 cm³/mol. The van der Waals surface area contributed by atoms with E-state index in [-0.39, 0.29) is 0 Å². The quantitative estimate of drug-likeness (QED) is 0.707. The van der Waals surface area contributed by atoms with Gasteiger partial charge in [0.2, 0.25) is 5.95 Å². The summed E-state index contributed by atoms with van der Waals surface area (Å²) in [5, 5.41) is 7.08. The molecular formula is C18H18ClN5. The zero-order chi connectivity index (χ0) is 16.9. The molecule has 0 bridgehead atoms. The van der Waals surface area contributed by atoms with Crippen LogP contribution in [0.15, 0.2) is 48.8 Å². The van der Waals surface area contributed by atoms with Crippen molar-refractivity contribution in [2.24, 2.45) is 0 Å². The summed E-state index contributed by atoms with van der Waals surface area (Å²) in [5.74, 6) is 1.25. The maximum atomic E-state index is 6.31. The summed E-state index contributed by atoms with van der Waals surface area (Å²) in [7, 11) is 0. The van der Waals surface area contributed by atoms with Crippen LogP contribution in [0.1, 0.15) is 12.5 Å². The Labute approximate surface area is 146 Å². The van der Waals surface area contributed by atoms with E-state index >= 15 is 0 Å². The number of anilines is 3. The number of halogens is 1. The Morgan fingerprint density at radius 2 is 1.83 bits per heavy atom. The van der Waals surface area contributed by atoms with Gasteiger partial charge < -0.3 is 10.6 Å². The fourth-order valence-electron chi connectivity index (χ4n) is 2.28. The summed E-state index contributed by atoms with van der Waals surface area (Å²) in [4.78, 5) is 13.1. The number of rotatable bonds is 5. The van der Waals surface area contributed by atoms with Gasteiger partial charge in [-0.15, -0.1) is 0 Å². The Kier molecular flexibility index (Phi) is 4.91. The van der Waals surface area contributed by atoms with E-state index in [4.69, 9.17) is 11.6 Å². The number of aryl methyl sites for hydroxylation is 1. The lowest BCUT2D eigenvalue weighted by Gasteiger charge is -2.12. The first kappa shape index (κ1) is 16.2. The zero-order valence-corrected chi connectivity index (χ0v) is 14.3. The molecule has 122 valence electrons. The van der Waals surface area contributed by atoms with E-state index in [9.17, 15) is 0 Å². The molecule has 24 heavy (non-hydrogen) atoms. The standard InChI is InChI=1S/C18H18ClN5/c1-3-21-18-23-16(13-6-8-20-9-7-13)11-17(24-18)22-15-5-4-12(2)10-14(15)19/h4-11H,3H2,1-2H3,(H2,21,22,23,24). The van der Waals surface area contributed by atoms with E-state index in [0.29, 0.717) is 16.8 Å². The molecule has 5 nitrogen and oxygen atoms in total. The van der Waals surface area contributed by atoms with Crippen molar-refractivity contribution in [2.75, 3.05) is 17.2 Å². The average Bonchev–Trinajstić information content (AvgIpc) is 2.58. The Bertz CT molecular complexity index is 836. The molecule has 0 aliphatic heterocycles. The lowest BCUT2D eigenvalue weighted by molar-refractivity contribution is 1.09. The number of pyridine rings is 1. The van der Waals surface area contributed by atoms with Gasteiger partial charge in [0.25, 0.3) is 0 Å². The van der Waals surface area contributed by atoms with Gasteiger partial charge in [-0.1, -0.05) is 17.7 Å². The smallest absolute Gasteiger partial charge is 0.225 e. The second-order valence-electron chi connectivity index (χ2n) is 5.34. The molecule has 2 N–H and O–H groups in total. The van der Waals surface area contributed by atoms with Crippen LogP contribution < -0.4 is 10.6 Å². The van der Waals surface area contributed by atoms with Crippen molar-refractivity contribution in [2.45, 2.75) is 13.8 Å². The highest BCUT2D eigenvalue weighted by Gasteiger charge is 2.08. The molecule has 0 aliphatic carbocycles. The van der Waals surface area contributed by atoms with Gasteiger partial charge in [0.05, 0.1) is 16.4 Å². The molecule has 2 heterocycles. The van der Waals surface area contributed by atoms with Gasteiger partial charge in [0.15, 0.2) is 0 Å². The molecule has 3 rings (SSSR count). The molecule has 0 saturated carbocycles. The normalized spacial score (nSPS) is 10.5. The van der Waals surface area contributed by atoms with E-state index < -0.39 is 0 Å². The van der Waals surface area contributed by atoms with Crippen molar-refractivity contribution in [3.63, 3.8) is 0 Å². The van der Waals surface area contributed by atoms with Crippen molar-refractivity contribution < 1.29 is 0 Å². The molecule has 0 unspecified atom stereocenters. The second-order valence-corrected chi connectivity index (χ2v) is 5.74. The first-order valence-electron chi connectivity index (χ1n) is 7.72. The van der Waals surface area contributed by atoms with E-state index in [2.05, 4.69) is 25.6 Å². The van der Waals surface area contributed by atoms with Gasteiger partial charge in [-0.2, -0.15) is 4.98 Å². The van der Waals surface area contributed by atoms with Crippen LogP contribution in [-0.2, 0) is 0 Å². The Balaban J connectivity index is 1.99. The molecule has 0 saturated heterocycles. The summed E-state index contributed by atoms with van der Waals surface area (Å²) < 4.78 is 0. The fourth-order valence-corrected chi connectivity index (χ4v) is 2.56. The van der Waals surface area contributed by atoms with E-state index in [0.717, 1.165) is 29.1 Å². The number of aromatic nitrogens is 3. The highest BCUT2D eigenvalue weighted by Crippen LogP contribution is 2.28. The number of nitrogens with one attached hydrogen (secondary N) is 2. The van der Waals surface area contributed by atoms with Crippen molar-refractivity contribution >= 4 is 29.1 Å². The van der Waals surface area contributed by atoms with Crippen LogP contribution in [0.3, 0.4) is 0 Å². The highest BCUT2D eigenvalue weighted by atomic mass is 35.5. The third-order valence-corrected chi connectivity index (χ3v) is 3.74. The van der Waals surface area contributed by atoms with E-state index in [1.807, 2.05) is 50.2 Å². The van der Waals surface area contributed by atoms with Crippen LogP contribution in [0.2, 0.25) is 5.02 Å². The number of hydrogen-bond donors (Lipinski definition) is 2. The number of nitrogens with zero attached hydrogens (tertiary/aromatic N) is 3.